The zero-order valence-corrected chi connectivity index (χ0v) is 16.9. The molecule has 0 unspecified atom stereocenters. The Balaban J connectivity index is 1.35. The number of fused-ring (bicyclic) bond motifs is 1. The second kappa shape index (κ2) is 8.22. The molecule has 7 heteroatoms. The third kappa shape index (κ3) is 4.30. The first-order chi connectivity index (χ1) is 13.6. The van der Waals surface area contributed by atoms with Crippen molar-refractivity contribution in [3.05, 3.63) is 53.6 Å². The Morgan fingerprint density at radius 1 is 1.00 bits per heavy atom. The van der Waals surface area contributed by atoms with E-state index in [0.717, 1.165) is 53.3 Å². The minimum atomic E-state index is -0.0376. The lowest BCUT2D eigenvalue weighted by molar-refractivity contribution is 0.0928. The number of rotatable bonds is 4. The van der Waals surface area contributed by atoms with Gasteiger partial charge in [-0.25, -0.2) is 19.9 Å². The first-order valence-corrected chi connectivity index (χ1v) is 10.5. The predicted octanol–water partition coefficient (Wildman–Crippen LogP) is 3.87. The molecule has 6 nitrogen and oxygen atoms in total. The van der Waals surface area contributed by atoms with Crippen molar-refractivity contribution in [1.82, 2.24) is 25.3 Å². The van der Waals surface area contributed by atoms with Crippen molar-refractivity contribution in [1.29, 1.82) is 0 Å². The Kier molecular flexibility index (Phi) is 5.52. The molecule has 0 aliphatic heterocycles. The molecular weight excluding hydrogens is 370 g/mol. The lowest BCUT2D eigenvalue weighted by Gasteiger charge is -2.28. The van der Waals surface area contributed by atoms with Crippen molar-refractivity contribution < 1.29 is 4.79 Å². The molecule has 1 fully saturated rings. The first kappa shape index (κ1) is 18.8. The number of hydrogen-bond acceptors (Lipinski definition) is 6. The van der Waals surface area contributed by atoms with E-state index < -0.39 is 0 Å². The maximum Gasteiger partial charge on any atom is 0.251 e. The molecular formula is C21H23N5OS. The van der Waals surface area contributed by atoms with Crippen LogP contribution in [0, 0.1) is 13.8 Å². The van der Waals surface area contributed by atoms with Crippen LogP contribution in [0.15, 0.2) is 41.8 Å². The van der Waals surface area contributed by atoms with Crippen molar-refractivity contribution in [2.24, 2.45) is 0 Å². The molecule has 2 aromatic heterocycles. The predicted molar refractivity (Wildman–Crippen MR) is 110 cm³/mol. The second-order valence-corrected chi connectivity index (χ2v) is 8.46. The van der Waals surface area contributed by atoms with Gasteiger partial charge in [0.25, 0.3) is 5.91 Å². The van der Waals surface area contributed by atoms with Crippen LogP contribution in [0.5, 0.6) is 0 Å². The maximum atomic E-state index is 12.7. The molecule has 0 atom stereocenters. The first-order valence-electron chi connectivity index (χ1n) is 9.58. The fourth-order valence-corrected chi connectivity index (χ4v) is 4.51. The quantitative estimate of drug-likeness (QED) is 0.678. The number of aromatic nitrogens is 4. The highest BCUT2D eigenvalue weighted by molar-refractivity contribution is 7.99. The van der Waals surface area contributed by atoms with Gasteiger partial charge in [0.05, 0.1) is 22.4 Å². The molecule has 2 heterocycles. The Morgan fingerprint density at radius 2 is 1.68 bits per heavy atom. The summed E-state index contributed by atoms with van der Waals surface area (Å²) in [4.78, 5) is 30.4. The van der Waals surface area contributed by atoms with Crippen molar-refractivity contribution in [2.75, 3.05) is 0 Å². The van der Waals surface area contributed by atoms with Gasteiger partial charge in [-0.2, -0.15) is 0 Å². The largest absolute Gasteiger partial charge is 0.349 e. The van der Waals surface area contributed by atoms with Crippen molar-refractivity contribution >= 4 is 28.7 Å². The smallest absolute Gasteiger partial charge is 0.251 e. The van der Waals surface area contributed by atoms with Crippen LogP contribution >= 0.6 is 11.8 Å². The summed E-state index contributed by atoms with van der Waals surface area (Å²) in [6.45, 7) is 3.88. The van der Waals surface area contributed by atoms with Crippen LogP contribution in [0.3, 0.4) is 0 Å². The summed E-state index contributed by atoms with van der Waals surface area (Å²) in [7, 11) is 0. The lowest BCUT2D eigenvalue weighted by atomic mass is 9.94. The van der Waals surface area contributed by atoms with E-state index in [-0.39, 0.29) is 11.9 Å². The molecule has 144 valence electrons. The van der Waals surface area contributed by atoms with Crippen molar-refractivity contribution in [3.8, 4) is 0 Å². The molecule has 1 aromatic carbocycles. The van der Waals surface area contributed by atoms with Crippen molar-refractivity contribution in [3.63, 3.8) is 0 Å². The van der Waals surface area contributed by atoms with Crippen LogP contribution in [0.25, 0.3) is 11.0 Å². The van der Waals surface area contributed by atoms with Gasteiger partial charge in [0, 0.05) is 29.2 Å². The average Bonchev–Trinajstić information content (AvgIpc) is 2.71. The zero-order valence-electron chi connectivity index (χ0n) is 16.1. The van der Waals surface area contributed by atoms with Gasteiger partial charge >= 0.3 is 0 Å². The number of carbonyl (C=O) groups is 1. The van der Waals surface area contributed by atoms with Gasteiger partial charge < -0.3 is 5.32 Å². The number of nitrogens with one attached hydrogen (secondary N) is 1. The average molecular weight is 394 g/mol. The fraction of sp³-hybridized carbons (Fsp3) is 0.381. The molecule has 0 radical (unpaired) electrons. The molecule has 4 rings (SSSR count). The van der Waals surface area contributed by atoms with Gasteiger partial charge in [0.1, 0.15) is 0 Å². The molecule has 1 aliphatic carbocycles. The van der Waals surface area contributed by atoms with Crippen LogP contribution in [0.1, 0.15) is 47.4 Å². The summed E-state index contributed by atoms with van der Waals surface area (Å²) in [5.41, 5.74) is 4.03. The van der Waals surface area contributed by atoms with Crippen LogP contribution in [0.4, 0.5) is 0 Å². The maximum absolute atomic E-state index is 12.7. The third-order valence-electron chi connectivity index (χ3n) is 5.16. The lowest BCUT2D eigenvalue weighted by Crippen LogP contribution is -2.38. The van der Waals surface area contributed by atoms with Gasteiger partial charge in [-0.15, -0.1) is 0 Å². The number of nitrogens with zero attached hydrogens (tertiary/aromatic N) is 4. The van der Waals surface area contributed by atoms with Gasteiger partial charge in [-0.3, -0.25) is 4.79 Å². The third-order valence-corrected chi connectivity index (χ3v) is 6.39. The molecule has 0 bridgehead atoms. The number of thioether (sulfide) groups is 1. The topological polar surface area (TPSA) is 80.7 Å². The Bertz CT molecular complexity index is 987. The van der Waals surface area contributed by atoms with Gasteiger partial charge in [0.2, 0.25) is 0 Å². The summed E-state index contributed by atoms with van der Waals surface area (Å²) in [6, 6.07) is 7.57. The van der Waals surface area contributed by atoms with Crippen LogP contribution in [-0.2, 0) is 0 Å². The highest BCUT2D eigenvalue weighted by atomic mass is 32.2. The highest BCUT2D eigenvalue weighted by Gasteiger charge is 2.24. The normalized spacial score (nSPS) is 19.5. The summed E-state index contributed by atoms with van der Waals surface area (Å²) < 4.78 is 0. The molecule has 1 N–H and O–H groups in total. The van der Waals surface area contributed by atoms with E-state index in [1.807, 2.05) is 38.1 Å². The standard InChI is InChI=1S/C21H23N5OS/c1-13-14(2)25-19-12-15(4-9-18(19)24-13)20(27)26-16-5-7-17(8-6-16)28-21-22-10-3-11-23-21/h3-4,9-12,16-17H,5-8H2,1-2H3,(H,26,27). The van der Waals surface area contributed by atoms with Crippen LogP contribution in [-0.4, -0.2) is 37.1 Å². The van der Waals surface area contributed by atoms with E-state index in [9.17, 15) is 4.79 Å². The molecule has 3 aromatic rings. The number of benzene rings is 1. The number of carbonyl (C=O) groups excluding carboxylic acids is 1. The highest BCUT2D eigenvalue weighted by Crippen LogP contribution is 2.31. The number of aryl methyl sites for hydroxylation is 2. The molecule has 0 spiro atoms. The molecule has 1 amide bonds. The Hall–Kier alpha value is -2.54. The molecule has 28 heavy (non-hydrogen) atoms. The minimum absolute atomic E-state index is 0.0376. The second-order valence-electron chi connectivity index (χ2n) is 7.19. The van der Waals surface area contributed by atoms with Gasteiger partial charge in [-0.1, -0.05) is 11.8 Å². The summed E-state index contributed by atoms with van der Waals surface area (Å²) in [5, 5.41) is 4.53. The SMILES string of the molecule is Cc1nc2ccc(C(=O)NC3CCC(Sc4ncccn4)CC3)cc2nc1C. The Morgan fingerprint density at radius 3 is 2.39 bits per heavy atom. The fourth-order valence-electron chi connectivity index (χ4n) is 3.46. The summed E-state index contributed by atoms with van der Waals surface area (Å²) in [6.07, 6.45) is 7.60. The van der Waals surface area contributed by atoms with Gasteiger partial charge in [-0.05, 0) is 63.8 Å². The van der Waals surface area contributed by atoms with E-state index in [1.54, 1.807) is 24.2 Å². The minimum Gasteiger partial charge on any atom is -0.349 e. The van der Waals surface area contributed by atoms with E-state index >= 15 is 0 Å². The number of amides is 1. The number of hydrogen-bond donors (Lipinski definition) is 1. The monoisotopic (exact) mass is 393 g/mol. The van der Waals surface area contributed by atoms with Crippen LogP contribution < -0.4 is 5.32 Å². The van der Waals surface area contributed by atoms with Gasteiger partial charge in [0.15, 0.2) is 5.16 Å². The van der Waals surface area contributed by atoms with E-state index in [4.69, 9.17) is 0 Å². The van der Waals surface area contributed by atoms with E-state index in [0.29, 0.717) is 10.8 Å². The van der Waals surface area contributed by atoms with Crippen LogP contribution in [0.2, 0.25) is 0 Å². The Labute approximate surface area is 168 Å². The summed E-state index contributed by atoms with van der Waals surface area (Å²) >= 11 is 1.74. The molecule has 1 saturated carbocycles. The zero-order chi connectivity index (χ0) is 19.5. The van der Waals surface area contributed by atoms with Crippen molar-refractivity contribution in [2.45, 2.75) is 56.0 Å². The summed E-state index contributed by atoms with van der Waals surface area (Å²) in [5.74, 6) is -0.0376. The molecule has 0 saturated heterocycles. The van der Waals surface area contributed by atoms with E-state index in [2.05, 4.69) is 25.3 Å². The molecule has 1 aliphatic rings. The van der Waals surface area contributed by atoms with E-state index in [1.165, 1.54) is 0 Å².